The van der Waals surface area contributed by atoms with Gasteiger partial charge in [0.25, 0.3) is 18.7 Å². The number of fused-ring (bicyclic) bond motifs is 1. The summed E-state index contributed by atoms with van der Waals surface area (Å²) >= 11 is 0. The molecule has 3 aliphatic heterocycles. The second-order valence-electron chi connectivity index (χ2n) is 7.38. The van der Waals surface area contributed by atoms with Crippen LogP contribution >= 0.6 is 0 Å². The van der Waals surface area contributed by atoms with E-state index < -0.39 is 18.1 Å². The van der Waals surface area contributed by atoms with Crippen molar-refractivity contribution < 1.29 is 23.8 Å². The second kappa shape index (κ2) is 8.18. The second-order valence-corrected chi connectivity index (χ2v) is 7.38. The van der Waals surface area contributed by atoms with Gasteiger partial charge < -0.3 is 14.5 Å². The average Bonchev–Trinajstić information content (AvgIpc) is 3.17. The largest absolute Gasteiger partial charge is 0.502 e. The summed E-state index contributed by atoms with van der Waals surface area (Å²) in [6.45, 7) is 4.70. The van der Waals surface area contributed by atoms with Crippen molar-refractivity contribution in [1.82, 2.24) is 9.80 Å². The molecule has 9 nitrogen and oxygen atoms in total. The smallest absolute Gasteiger partial charge is 0.494 e. The molecule has 29 heavy (non-hydrogen) atoms. The molecule has 9 heteroatoms. The topological polar surface area (TPSA) is 85.5 Å². The molecule has 2 saturated heterocycles. The SMILES string of the molecule is CCOc1ccc(N2CCN3C(=O)C(=O)[N+](CC(=O)N4CCCCC4)=NC32)cc1. The summed E-state index contributed by atoms with van der Waals surface area (Å²) in [5, 5.41) is 4.46. The number of amides is 3. The molecule has 0 aromatic heterocycles. The Labute approximate surface area is 169 Å². The molecule has 1 aromatic rings. The summed E-state index contributed by atoms with van der Waals surface area (Å²) in [6.07, 6.45) is 2.44. The van der Waals surface area contributed by atoms with E-state index >= 15 is 0 Å². The van der Waals surface area contributed by atoms with Crippen LogP contribution in [-0.2, 0) is 14.4 Å². The monoisotopic (exact) mass is 400 g/mol. The number of azo groups is 2. The zero-order valence-electron chi connectivity index (χ0n) is 16.6. The van der Waals surface area contributed by atoms with Crippen molar-refractivity contribution in [3.05, 3.63) is 24.3 Å². The van der Waals surface area contributed by atoms with E-state index in [0.29, 0.717) is 32.8 Å². The zero-order valence-corrected chi connectivity index (χ0v) is 16.6. The van der Waals surface area contributed by atoms with Crippen LogP contribution in [0.15, 0.2) is 29.4 Å². The summed E-state index contributed by atoms with van der Waals surface area (Å²) in [6, 6.07) is 7.56. The van der Waals surface area contributed by atoms with E-state index in [1.807, 2.05) is 36.1 Å². The standard InChI is InChI=1S/C20H26N5O4/c1-2-29-16-8-6-15(7-9-16)23-12-13-24-18(27)19(28)25(21-20(23)24)14-17(26)22-10-4-3-5-11-22/h6-9,20H,2-5,10-14H2,1H3/q+1. The van der Waals surface area contributed by atoms with Gasteiger partial charge in [0.15, 0.2) is 0 Å². The van der Waals surface area contributed by atoms with Gasteiger partial charge in [0.1, 0.15) is 5.75 Å². The Hall–Kier alpha value is -2.97. The van der Waals surface area contributed by atoms with Crippen molar-refractivity contribution in [3.8, 4) is 5.75 Å². The van der Waals surface area contributed by atoms with Crippen molar-refractivity contribution in [2.75, 3.05) is 44.2 Å². The molecule has 1 atom stereocenters. The molecule has 0 saturated carbocycles. The van der Waals surface area contributed by atoms with Crippen molar-refractivity contribution in [2.45, 2.75) is 32.5 Å². The van der Waals surface area contributed by atoms with Gasteiger partial charge in [0.05, 0.1) is 6.61 Å². The molecule has 0 N–H and O–H groups in total. The number of hydrogen-bond acceptors (Lipinski definition) is 6. The zero-order chi connectivity index (χ0) is 20.4. The van der Waals surface area contributed by atoms with Crippen LogP contribution in [-0.4, -0.2) is 77.8 Å². The Morgan fingerprint density at radius 2 is 1.76 bits per heavy atom. The summed E-state index contributed by atoms with van der Waals surface area (Å²) in [7, 11) is 0. The van der Waals surface area contributed by atoms with Crippen molar-refractivity contribution in [2.24, 2.45) is 5.11 Å². The van der Waals surface area contributed by atoms with E-state index in [0.717, 1.165) is 35.4 Å². The maximum absolute atomic E-state index is 12.6. The van der Waals surface area contributed by atoms with E-state index in [4.69, 9.17) is 4.74 Å². The molecule has 154 valence electrons. The lowest BCUT2D eigenvalue weighted by molar-refractivity contribution is -0.510. The Morgan fingerprint density at radius 3 is 2.45 bits per heavy atom. The minimum atomic E-state index is -0.736. The number of ether oxygens (including phenoxy) is 1. The van der Waals surface area contributed by atoms with E-state index in [-0.39, 0.29) is 12.5 Å². The Balaban J connectivity index is 1.54. The molecule has 3 heterocycles. The van der Waals surface area contributed by atoms with Crippen molar-refractivity contribution in [3.63, 3.8) is 0 Å². The number of anilines is 1. The Morgan fingerprint density at radius 1 is 1.07 bits per heavy atom. The first-order valence-corrected chi connectivity index (χ1v) is 10.2. The average molecular weight is 400 g/mol. The normalized spacial score (nSPS) is 21.9. The molecule has 0 spiro atoms. The minimum absolute atomic E-state index is 0.159. The molecule has 4 rings (SSSR count). The van der Waals surface area contributed by atoms with E-state index in [9.17, 15) is 14.4 Å². The molecule has 2 fully saturated rings. The van der Waals surface area contributed by atoms with Gasteiger partial charge in [-0.2, -0.15) is 0 Å². The van der Waals surface area contributed by atoms with Crippen LogP contribution in [0.4, 0.5) is 5.69 Å². The third-order valence-corrected chi connectivity index (χ3v) is 5.53. The fourth-order valence-corrected chi connectivity index (χ4v) is 4.00. The van der Waals surface area contributed by atoms with Gasteiger partial charge in [0.2, 0.25) is 0 Å². The third kappa shape index (κ3) is 3.81. The highest BCUT2D eigenvalue weighted by atomic mass is 16.5. The molecule has 0 bridgehead atoms. The number of nitrogens with zero attached hydrogens (tertiary/aromatic N) is 5. The van der Waals surface area contributed by atoms with Gasteiger partial charge in [-0.15, -0.1) is 0 Å². The quantitative estimate of drug-likeness (QED) is 0.545. The number of rotatable bonds is 5. The number of carbonyl (C=O) groups is 3. The van der Waals surface area contributed by atoms with Crippen molar-refractivity contribution in [1.29, 1.82) is 0 Å². The van der Waals surface area contributed by atoms with Crippen LogP contribution < -0.4 is 9.64 Å². The van der Waals surface area contributed by atoms with Crippen LogP contribution in [0.1, 0.15) is 26.2 Å². The molecule has 3 amide bonds. The predicted octanol–water partition coefficient (Wildman–Crippen LogP) is 1.03. The minimum Gasteiger partial charge on any atom is -0.494 e. The van der Waals surface area contributed by atoms with Crippen LogP contribution in [0.2, 0.25) is 0 Å². The first-order valence-electron chi connectivity index (χ1n) is 10.2. The van der Waals surface area contributed by atoms with E-state index in [1.165, 1.54) is 4.90 Å². The molecule has 3 aliphatic rings. The summed E-state index contributed by atoms with van der Waals surface area (Å²) < 4.78 is 6.53. The molecular formula is C20H26N5O4+. The highest BCUT2D eigenvalue weighted by Crippen LogP contribution is 2.28. The lowest BCUT2D eigenvalue weighted by Crippen LogP contribution is -2.53. The number of benzene rings is 1. The summed E-state index contributed by atoms with van der Waals surface area (Å²) in [5.41, 5.74) is 0.883. The number of carbonyl (C=O) groups excluding carboxylic acids is 3. The van der Waals surface area contributed by atoms with Crippen LogP contribution in [0.5, 0.6) is 5.75 Å². The summed E-state index contributed by atoms with van der Waals surface area (Å²) in [5.74, 6) is -0.730. The maximum Gasteiger partial charge on any atom is 0.502 e. The van der Waals surface area contributed by atoms with Gasteiger partial charge in [-0.05, 0) is 55.1 Å². The number of likely N-dealkylation sites (tertiary alicyclic amines) is 1. The van der Waals surface area contributed by atoms with Gasteiger partial charge in [-0.1, -0.05) is 0 Å². The first-order chi connectivity index (χ1) is 14.1. The fraction of sp³-hybridized carbons (Fsp3) is 0.550. The number of hydrogen-bond donors (Lipinski definition) is 0. The lowest BCUT2D eigenvalue weighted by atomic mass is 10.1. The lowest BCUT2D eigenvalue weighted by Gasteiger charge is -2.28. The molecule has 0 aliphatic carbocycles. The highest BCUT2D eigenvalue weighted by Gasteiger charge is 2.50. The van der Waals surface area contributed by atoms with Crippen LogP contribution in [0.25, 0.3) is 0 Å². The molecule has 1 unspecified atom stereocenters. The Bertz CT molecular complexity index is 832. The van der Waals surface area contributed by atoms with Gasteiger partial charge in [-0.3, -0.25) is 14.5 Å². The maximum atomic E-state index is 12.6. The number of piperidine rings is 1. The molecule has 1 aromatic carbocycles. The van der Waals surface area contributed by atoms with E-state index in [1.54, 1.807) is 4.90 Å². The molecule has 0 radical (unpaired) electrons. The molecular weight excluding hydrogens is 374 g/mol. The fourth-order valence-electron chi connectivity index (χ4n) is 4.00. The van der Waals surface area contributed by atoms with Crippen LogP contribution in [0.3, 0.4) is 0 Å². The first kappa shape index (κ1) is 19.4. The highest BCUT2D eigenvalue weighted by molar-refractivity contribution is 6.31. The third-order valence-electron chi connectivity index (χ3n) is 5.53. The van der Waals surface area contributed by atoms with Gasteiger partial charge in [-0.25, -0.2) is 4.79 Å². The van der Waals surface area contributed by atoms with Crippen molar-refractivity contribution >= 4 is 23.4 Å². The van der Waals surface area contributed by atoms with Gasteiger partial charge in [0, 0.05) is 37.0 Å². The summed E-state index contributed by atoms with van der Waals surface area (Å²) in [4.78, 5) is 42.8. The van der Waals surface area contributed by atoms with Gasteiger partial charge >= 0.3 is 11.8 Å². The van der Waals surface area contributed by atoms with Crippen LogP contribution in [0, 0.1) is 0 Å². The van der Waals surface area contributed by atoms with E-state index in [2.05, 4.69) is 5.11 Å². The predicted molar refractivity (Wildman–Crippen MR) is 103 cm³/mol. The Kier molecular flexibility index (Phi) is 5.46.